The number of rotatable bonds is 5. The molecule has 1 N–H and O–H groups in total. The van der Waals surface area contributed by atoms with Gasteiger partial charge in [-0.3, -0.25) is 9.59 Å². The average molecular weight is 562 g/mol. The Bertz CT molecular complexity index is 1630. The molecule has 1 fully saturated rings. The lowest BCUT2D eigenvalue weighted by Gasteiger charge is -2.21. The number of nitrogens with zero attached hydrogens (tertiary/aromatic N) is 2. The number of nitrogens with one attached hydrogen (secondary N) is 1. The fourth-order valence-corrected chi connectivity index (χ4v) is 5.91. The highest BCUT2D eigenvalue weighted by atomic mass is 35.5. The van der Waals surface area contributed by atoms with Crippen molar-refractivity contribution in [3.63, 3.8) is 0 Å². The molecule has 5 nitrogen and oxygen atoms in total. The number of aromatic nitrogens is 2. The van der Waals surface area contributed by atoms with E-state index in [-0.39, 0.29) is 29.8 Å². The van der Waals surface area contributed by atoms with E-state index in [9.17, 15) is 14.0 Å². The molecule has 198 valence electrons. The number of aryl methyl sites for hydroxylation is 1. The van der Waals surface area contributed by atoms with E-state index in [1.54, 1.807) is 11.0 Å². The molecule has 1 amide bonds. The lowest BCUT2D eigenvalue weighted by Crippen LogP contribution is -2.34. The lowest BCUT2D eigenvalue weighted by molar-refractivity contribution is -0.131. The summed E-state index contributed by atoms with van der Waals surface area (Å²) in [6.07, 6.45) is 3.34. The third kappa shape index (κ3) is 5.23. The minimum atomic E-state index is -0.413. The minimum absolute atomic E-state index is 0.0710. The van der Waals surface area contributed by atoms with Crippen LogP contribution in [0.25, 0.3) is 11.1 Å². The van der Waals surface area contributed by atoms with E-state index in [2.05, 4.69) is 4.98 Å². The Kier molecular flexibility index (Phi) is 6.77. The first kappa shape index (κ1) is 25.8. The van der Waals surface area contributed by atoms with Crippen LogP contribution in [-0.2, 0) is 29.6 Å². The zero-order valence-electron chi connectivity index (χ0n) is 21.1. The summed E-state index contributed by atoms with van der Waals surface area (Å²) < 4.78 is 13.9. The second kappa shape index (κ2) is 10.2. The molecule has 2 aliphatic rings. The van der Waals surface area contributed by atoms with Gasteiger partial charge in [0.1, 0.15) is 11.6 Å². The summed E-state index contributed by atoms with van der Waals surface area (Å²) in [7, 11) is 0. The monoisotopic (exact) mass is 561 g/mol. The average Bonchev–Trinajstić information content (AvgIpc) is 3.73. The van der Waals surface area contributed by atoms with E-state index >= 15 is 0 Å². The van der Waals surface area contributed by atoms with Crippen LogP contribution in [0.4, 0.5) is 4.39 Å². The Morgan fingerprint density at radius 1 is 1.00 bits per heavy atom. The quantitative estimate of drug-likeness (QED) is 0.303. The number of hydrogen-bond donors (Lipinski definition) is 1. The van der Waals surface area contributed by atoms with Crippen molar-refractivity contribution in [2.24, 2.45) is 0 Å². The standard InChI is InChI=1S/C31H26Cl2FN3O2/c32-23-7-2-6-22(16-23)31(9-10-31)30-35-27-8-3-11-37(18-26(27)29(39)36-30)28(38)13-19-4-1-5-20(12-19)21-14-24(33)17-25(34)15-21/h1-2,4-7,12,14-17H,3,8-11,13,18H2,(H,35,36,39). The molecular weight excluding hydrogens is 536 g/mol. The molecule has 0 radical (unpaired) electrons. The van der Waals surface area contributed by atoms with Crippen molar-refractivity contribution in [3.05, 3.63) is 121 Å². The van der Waals surface area contributed by atoms with Crippen LogP contribution in [0, 0.1) is 5.82 Å². The Morgan fingerprint density at radius 3 is 2.59 bits per heavy atom. The maximum absolute atomic E-state index is 13.9. The van der Waals surface area contributed by atoms with Crippen molar-refractivity contribution in [2.75, 3.05) is 6.54 Å². The zero-order valence-corrected chi connectivity index (χ0v) is 22.7. The van der Waals surface area contributed by atoms with Gasteiger partial charge in [0.05, 0.1) is 29.6 Å². The number of benzene rings is 3. The van der Waals surface area contributed by atoms with E-state index in [0.29, 0.717) is 40.0 Å². The van der Waals surface area contributed by atoms with Crippen LogP contribution in [0.1, 0.15) is 47.5 Å². The maximum Gasteiger partial charge on any atom is 0.256 e. The fourth-order valence-electron chi connectivity index (χ4n) is 5.50. The van der Waals surface area contributed by atoms with Gasteiger partial charge in [-0.1, -0.05) is 59.6 Å². The van der Waals surface area contributed by atoms with E-state index in [0.717, 1.165) is 41.6 Å². The van der Waals surface area contributed by atoms with Gasteiger partial charge in [0, 0.05) is 16.6 Å². The largest absolute Gasteiger partial charge is 0.338 e. The predicted octanol–water partition coefficient (Wildman–Crippen LogP) is 6.48. The maximum atomic E-state index is 13.9. The van der Waals surface area contributed by atoms with E-state index in [1.807, 2.05) is 48.5 Å². The van der Waals surface area contributed by atoms with Gasteiger partial charge in [0.15, 0.2) is 0 Å². The fraction of sp³-hybridized carbons (Fsp3) is 0.258. The molecule has 0 saturated heterocycles. The third-order valence-electron chi connectivity index (χ3n) is 7.70. The first-order valence-electron chi connectivity index (χ1n) is 13.0. The zero-order chi connectivity index (χ0) is 27.1. The van der Waals surface area contributed by atoms with Crippen LogP contribution in [0.2, 0.25) is 10.0 Å². The molecule has 39 heavy (non-hydrogen) atoms. The van der Waals surface area contributed by atoms with Crippen molar-refractivity contribution in [3.8, 4) is 11.1 Å². The minimum Gasteiger partial charge on any atom is -0.338 e. The summed E-state index contributed by atoms with van der Waals surface area (Å²) in [5.74, 6) is 0.199. The Balaban J connectivity index is 1.22. The Labute approximate surface area is 235 Å². The molecule has 6 rings (SSSR count). The Morgan fingerprint density at radius 2 is 1.82 bits per heavy atom. The summed E-state index contributed by atoms with van der Waals surface area (Å²) in [6.45, 7) is 0.767. The van der Waals surface area contributed by atoms with Crippen molar-refractivity contribution < 1.29 is 9.18 Å². The molecule has 1 aromatic heterocycles. The van der Waals surface area contributed by atoms with Gasteiger partial charge in [-0.05, 0) is 78.3 Å². The number of hydrogen-bond acceptors (Lipinski definition) is 3. The lowest BCUT2D eigenvalue weighted by atomic mass is 9.94. The summed E-state index contributed by atoms with van der Waals surface area (Å²) >= 11 is 12.3. The molecule has 8 heteroatoms. The molecule has 1 aliphatic heterocycles. The van der Waals surface area contributed by atoms with Crippen molar-refractivity contribution in [2.45, 2.75) is 44.1 Å². The van der Waals surface area contributed by atoms with Crippen molar-refractivity contribution in [1.29, 1.82) is 0 Å². The summed E-state index contributed by atoms with van der Waals surface area (Å²) in [6, 6.07) is 19.6. The highest BCUT2D eigenvalue weighted by Crippen LogP contribution is 2.52. The molecule has 2 heterocycles. The van der Waals surface area contributed by atoms with E-state index < -0.39 is 5.82 Å². The molecule has 0 spiro atoms. The number of carbonyl (C=O) groups is 1. The van der Waals surface area contributed by atoms with Crippen LogP contribution in [0.15, 0.2) is 71.5 Å². The number of H-pyrrole nitrogens is 1. The second-order valence-electron chi connectivity index (χ2n) is 10.4. The second-order valence-corrected chi connectivity index (χ2v) is 11.3. The van der Waals surface area contributed by atoms with Crippen LogP contribution in [0.5, 0.6) is 0 Å². The van der Waals surface area contributed by atoms with Crippen LogP contribution >= 0.6 is 23.2 Å². The SMILES string of the molecule is O=C(Cc1cccc(-c2cc(F)cc(Cl)c2)c1)N1CCCc2nc(C3(c4cccc(Cl)c4)CC3)[nH]c(=O)c2C1. The molecule has 1 aliphatic carbocycles. The van der Waals surface area contributed by atoms with Crippen LogP contribution in [0.3, 0.4) is 0 Å². The number of amides is 1. The van der Waals surface area contributed by atoms with Crippen LogP contribution < -0.4 is 5.56 Å². The van der Waals surface area contributed by atoms with E-state index in [4.69, 9.17) is 28.2 Å². The smallest absolute Gasteiger partial charge is 0.256 e. The van der Waals surface area contributed by atoms with Crippen molar-refractivity contribution in [1.82, 2.24) is 14.9 Å². The molecule has 1 saturated carbocycles. The van der Waals surface area contributed by atoms with Crippen molar-refractivity contribution >= 4 is 29.1 Å². The van der Waals surface area contributed by atoms with Gasteiger partial charge in [0.25, 0.3) is 5.56 Å². The summed E-state index contributed by atoms with van der Waals surface area (Å²) in [5.41, 5.74) is 4.12. The first-order valence-corrected chi connectivity index (χ1v) is 13.8. The molecule has 0 atom stereocenters. The highest BCUT2D eigenvalue weighted by molar-refractivity contribution is 6.31. The van der Waals surface area contributed by atoms with Gasteiger partial charge in [0.2, 0.25) is 5.91 Å². The van der Waals surface area contributed by atoms with Gasteiger partial charge >= 0.3 is 0 Å². The number of fused-ring (bicyclic) bond motifs is 1. The molecule has 3 aromatic carbocycles. The topological polar surface area (TPSA) is 66.1 Å². The third-order valence-corrected chi connectivity index (χ3v) is 8.16. The molecule has 0 bridgehead atoms. The van der Waals surface area contributed by atoms with Gasteiger partial charge in [-0.2, -0.15) is 0 Å². The number of carbonyl (C=O) groups excluding carboxylic acids is 1. The van der Waals surface area contributed by atoms with Gasteiger partial charge in [-0.15, -0.1) is 0 Å². The summed E-state index contributed by atoms with van der Waals surface area (Å²) in [5, 5.41) is 0.979. The van der Waals surface area contributed by atoms with Gasteiger partial charge in [-0.25, -0.2) is 9.37 Å². The number of aromatic amines is 1. The highest BCUT2D eigenvalue weighted by Gasteiger charge is 2.48. The predicted molar refractivity (Wildman–Crippen MR) is 151 cm³/mol. The van der Waals surface area contributed by atoms with Crippen LogP contribution in [-0.4, -0.2) is 27.3 Å². The van der Waals surface area contributed by atoms with E-state index in [1.165, 1.54) is 12.1 Å². The van der Waals surface area contributed by atoms with Gasteiger partial charge < -0.3 is 9.88 Å². The first-order chi connectivity index (χ1) is 18.8. The molecular formula is C31H26Cl2FN3O2. The Hall–Kier alpha value is -3.48. The summed E-state index contributed by atoms with van der Waals surface area (Å²) in [4.78, 5) is 36.3. The molecule has 0 unspecified atom stereocenters. The normalized spacial score (nSPS) is 15.9. The number of halogens is 3. The molecule has 4 aromatic rings.